The number of benzene rings is 3. The number of para-hydroxylation sites is 2. The van der Waals surface area contributed by atoms with Crippen molar-refractivity contribution in [2.24, 2.45) is 0 Å². The lowest BCUT2D eigenvalue weighted by molar-refractivity contribution is 0.707. The van der Waals surface area contributed by atoms with Crippen LogP contribution in [0.2, 0.25) is 0 Å². The van der Waals surface area contributed by atoms with Crippen molar-refractivity contribution in [3.63, 3.8) is 0 Å². The van der Waals surface area contributed by atoms with Gasteiger partial charge in [0.1, 0.15) is 0 Å². The van der Waals surface area contributed by atoms with Crippen LogP contribution in [-0.4, -0.2) is 4.75 Å². The highest BCUT2D eigenvalue weighted by molar-refractivity contribution is 8.02. The molecular formula is C22H23NS. The first-order valence-electron chi connectivity index (χ1n) is 8.27. The summed E-state index contributed by atoms with van der Waals surface area (Å²) in [6.45, 7) is 4.62. The molecule has 0 saturated heterocycles. The maximum atomic E-state index is 2.34. The van der Waals surface area contributed by atoms with Gasteiger partial charge in [0, 0.05) is 4.75 Å². The summed E-state index contributed by atoms with van der Waals surface area (Å²) in [6, 6.07) is 31.9. The molecular weight excluding hydrogens is 310 g/mol. The van der Waals surface area contributed by atoms with E-state index in [-0.39, 0.29) is 4.75 Å². The quantitative estimate of drug-likeness (QED) is 0.474. The van der Waals surface area contributed by atoms with E-state index < -0.39 is 0 Å². The number of hydrogen-bond acceptors (Lipinski definition) is 2. The Hall–Kier alpha value is -2.19. The molecule has 0 aliphatic heterocycles. The van der Waals surface area contributed by atoms with Gasteiger partial charge in [-0.2, -0.15) is 0 Å². The van der Waals surface area contributed by atoms with Gasteiger partial charge >= 0.3 is 0 Å². The molecule has 0 aliphatic carbocycles. The van der Waals surface area contributed by atoms with E-state index in [9.17, 15) is 0 Å². The van der Waals surface area contributed by atoms with Crippen molar-refractivity contribution < 1.29 is 0 Å². The highest BCUT2D eigenvalue weighted by Gasteiger charge is 2.25. The highest BCUT2D eigenvalue weighted by atomic mass is 32.2. The SMILES string of the molecule is CC(C)(Cc1ccccc1)SN(c1ccccc1)c1ccccc1. The lowest BCUT2D eigenvalue weighted by Gasteiger charge is -2.33. The van der Waals surface area contributed by atoms with Gasteiger partial charge in [0.2, 0.25) is 0 Å². The van der Waals surface area contributed by atoms with Crippen molar-refractivity contribution in [3.8, 4) is 0 Å². The number of nitrogens with zero attached hydrogens (tertiary/aromatic N) is 1. The molecule has 0 atom stereocenters. The fourth-order valence-corrected chi connectivity index (χ4v) is 3.93. The molecule has 0 fully saturated rings. The van der Waals surface area contributed by atoms with Crippen LogP contribution in [0.4, 0.5) is 11.4 Å². The molecule has 0 aliphatic rings. The van der Waals surface area contributed by atoms with Crippen LogP contribution in [-0.2, 0) is 6.42 Å². The zero-order valence-electron chi connectivity index (χ0n) is 14.2. The van der Waals surface area contributed by atoms with Crippen LogP contribution < -0.4 is 4.31 Å². The van der Waals surface area contributed by atoms with Crippen molar-refractivity contribution in [2.45, 2.75) is 25.0 Å². The van der Waals surface area contributed by atoms with Crippen molar-refractivity contribution in [3.05, 3.63) is 96.6 Å². The Morgan fingerprint density at radius 2 is 1.08 bits per heavy atom. The molecule has 0 saturated carbocycles. The predicted octanol–water partition coefficient (Wildman–Crippen LogP) is 6.49. The Bertz CT molecular complexity index is 699. The molecule has 0 unspecified atom stereocenters. The molecule has 0 radical (unpaired) electrons. The fourth-order valence-electron chi connectivity index (χ4n) is 2.75. The zero-order chi connectivity index (χ0) is 16.8. The lowest BCUT2D eigenvalue weighted by atomic mass is 10.0. The smallest absolute Gasteiger partial charge is 0.0525 e. The van der Waals surface area contributed by atoms with Crippen LogP contribution in [0.1, 0.15) is 19.4 Å². The predicted molar refractivity (Wildman–Crippen MR) is 107 cm³/mol. The van der Waals surface area contributed by atoms with E-state index in [1.165, 1.54) is 16.9 Å². The summed E-state index contributed by atoms with van der Waals surface area (Å²) in [6.07, 6.45) is 1.02. The second-order valence-electron chi connectivity index (χ2n) is 6.48. The molecule has 0 amide bonds. The van der Waals surface area contributed by atoms with Crippen molar-refractivity contribution in [1.82, 2.24) is 0 Å². The summed E-state index contributed by atoms with van der Waals surface area (Å²) in [5, 5.41) is 0. The molecule has 1 nitrogen and oxygen atoms in total. The third-order valence-electron chi connectivity index (χ3n) is 3.79. The molecule has 3 rings (SSSR count). The molecule has 0 N–H and O–H groups in total. The van der Waals surface area contributed by atoms with E-state index in [0.717, 1.165) is 6.42 Å². The van der Waals surface area contributed by atoms with Gasteiger partial charge in [-0.3, -0.25) is 4.31 Å². The zero-order valence-corrected chi connectivity index (χ0v) is 15.0. The lowest BCUT2D eigenvalue weighted by Crippen LogP contribution is -2.25. The summed E-state index contributed by atoms with van der Waals surface area (Å²) >= 11 is 1.88. The maximum absolute atomic E-state index is 2.34. The Kier molecular flexibility index (Phi) is 5.27. The Balaban J connectivity index is 1.86. The monoisotopic (exact) mass is 333 g/mol. The second kappa shape index (κ2) is 7.59. The molecule has 122 valence electrons. The number of anilines is 2. The van der Waals surface area contributed by atoms with Gasteiger partial charge < -0.3 is 0 Å². The minimum absolute atomic E-state index is 0.0764. The summed E-state index contributed by atoms with van der Waals surface area (Å²) in [5.74, 6) is 0. The van der Waals surface area contributed by atoms with Crippen LogP contribution in [0, 0.1) is 0 Å². The molecule has 24 heavy (non-hydrogen) atoms. The van der Waals surface area contributed by atoms with E-state index in [4.69, 9.17) is 0 Å². The Labute approximate surface area is 149 Å². The van der Waals surface area contributed by atoms with E-state index in [0.29, 0.717) is 0 Å². The van der Waals surface area contributed by atoms with Crippen LogP contribution in [0.5, 0.6) is 0 Å². The molecule has 3 aromatic carbocycles. The number of rotatable bonds is 6. The largest absolute Gasteiger partial charge is 0.284 e. The van der Waals surface area contributed by atoms with Gasteiger partial charge in [-0.1, -0.05) is 66.7 Å². The normalized spacial score (nSPS) is 11.2. The van der Waals surface area contributed by atoms with Crippen molar-refractivity contribution in [2.75, 3.05) is 4.31 Å². The Morgan fingerprint density at radius 3 is 1.54 bits per heavy atom. The second-order valence-corrected chi connectivity index (χ2v) is 8.13. The van der Waals surface area contributed by atoms with E-state index in [2.05, 4.69) is 109 Å². The molecule has 0 heterocycles. The van der Waals surface area contributed by atoms with Crippen LogP contribution in [0.15, 0.2) is 91.0 Å². The summed E-state index contributed by atoms with van der Waals surface area (Å²) in [4.78, 5) is 0. The topological polar surface area (TPSA) is 3.24 Å². The molecule has 0 spiro atoms. The minimum atomic E-state index is 0.0764. The maximum Gasteiger partial charge on any atom is 0.0525 e. The summed E-state index contributed by atoms with van der Waals surface area (Å²) < 4.78 is 2.41. The van der Waals surface area contributed by atoms with Crippen LogP contribution in [0.25, 0.3) is 0 Å². The summed E-state index contributed by atoms with van der Waals surface area (Å²) in [5.41, 5.74) is 3.78. The first kappa shape index (κ1) is 16.7. The van der Waals surface area contributed by atoms with E-state index in [1.54, 1.807) is 0 Å². The van der Waals surface area contributed by atoms with Crippen molar-refractivity contribution in [1.29, 1.82) is 0 Å². The van der Waals surface area contributed by atoms with Gasteiger partial charge in [-0.15, -0.1) is 0 Å². The minimum Gasteiger partial charge on any atom is -0.284 e. The first-order chi connectivity index (χ1) is 11.6. The van der Waals surface area contributed by atoms with E-state index in [1.807, 2.05) is 11.9 Å². The van der Waals surface area contributed by atoms with Gasteiger partial charge in [0.25, 0.3) is 0 Å². The van der Waals surface area contributed by atoms with E-state index >= 15 is 0 Å². The van der Waals surface area contributed by atoms with Gasteiger partial charge in [-0.25, -0.2) is 0 Å². The standard InChI is InChI=1S/C22H23NS/c1-22(2,18-19-12-6-3-7-13-19)24-23(20-14-8-4-9-15-20)21-16-10-5-11-17-21/h3-17H,18H2,1-2H3. The van der Waals surface area contributed by atoms with Gasteiger partial charge in [-0.05, 0) is 62.0 Å². The molecule has 3 aromatic rings. The van der Waals surface area contributed by atoms with Gasteiger partial charge in [0.15, 0.2) is 0 Å². The summed E-state index contributed by atoms with van der Waals surface area (Å²) in [7, 11) is 0. The first-order valence-corrected chi connectivity index (χ1v) is 9.05. The third kappa shape index (κ3) is 4.42. The van der Waals surface area contributed by atoms with Crippen LogP contribution in [0.3, 0.4) is 0 Å². The molecule has 2 heteroatoms. The highest BCUT2D eigenvalue weighted by Crippen LogP contribution is 2.40. The van der Waals surface area contributed by atoms with Crippen molar-refractivity contribution >= 4 is 23.3 Å². The van der Waals surface area contributed by atoms with Crippen LogP contribution >= 0.6 is 11.9 Å². The Morgan fingerprint density at radius 1 is 0.667 bits per heavy atom. The number of hydrogen-bond donors (Lipinski definition) is 0. The molecule has 0 aromatic heterocycles. The average Bonchev–Trinajstić information content (AvgIpc) is 2.62. The average molecular weight is 334 g/mol. The fraction of sp³-hybridized carbons (Fsp3) is 0.182. The molecule has 0 bridgehead atoms. The third-order valence-corrected chi connectivity index (χ3v) is 5.04. The van der Waals surface area contributed by atoms with Gasteiger partial charge in [0.05, 0.1) is 11.4 Å².